The van der Waals surface area contributed by atoms with Crippen LogP contribution in [-0.4, -0.2) is 47.3 Å². The first kappa shape index (κ1) is 27.9. The molecule has 0 aliphatic heterocycles. The van der Waals surface area contributed by atoms with Gasteiger partial charge in [0.2, 0.25) is 11.8 Å². The van der Waals surface area contributed by atoms with Gasteiger partial charge in [-0.3, -0.25) is 9.59 Å². The Hall–Kier alpha value is -1.14. The van der Waals surface area contributed by atoms with Crippen molar-refractivity contribution in [3.05, 3.63) is 0 Å². The van der Waals surface area contributed by atoms with Gasteiger partial charge in [0, 0.05) is 26.4 Å². The summed E-state index contributed by atoms with van der Waals surface area (Å²) >= 11 is 0. The van der Waals surface area contributed by atoms with Crippen LogP contribution in [0.4, 0.5) is 0 Å². The Bertz CT molecular complexity index is 789. The van der Waals surface area contributed by atoms with E-state index in [1.807, 2.05) is 0 Å². The average molecular weight is 505 g/mol. The van der Waals surface area contributed by atoms with Gasteiger partial charge in [-0.2, -0.15) is 0 Å². The fraction of sp³-hybridized carbons (Fsp3) is 0.933. The van der Waals surface area contributed by atoms with E-state index in [0.29, 0.717) is 55.0 Å². The highest BCUT2D eigenvalue weighted by Crippen LogP contribution is 2.68. The number of carbonyl (C=O) groups is 2. The highest BCUT2D eigenvalue weighted by Gasteiger charge is 2.62. The molecular weight excluding hydrogens is 452 g/mol. The van der Waals surface area contributed by atoms with E-state index in [1.165, 1.54) is 32.6 Å². The summed E-state index contributed by atoms with van der Waals surface area (Å²) in [6.07, 6.45) is 11.5. The van der Waals surface area contributed by atoms with Gasteiger partial charge in [0.1, 0.15) is 0 Å². The third kappa shape index (κ3) is 5.50. The van der Waals surface area contributed by atoms with E-state index < -0.39 is 0 Å². The van der Waals surface area contributed by atoms with Crippen LogP contribution in [0.3, 0.4) is 0 Å². The molecule has 4 fully saturated rings. The summed E-state index contributed by atoms with van der Waals surface area (Å²) in [7, 11) is 0. The van der Waals surface area contributed by atoms with Gasteiger partial charge in [-0.25, -0.2) is 0 Å². The van der Waals surface area contributed by atoms with Gasteiger partial charge < -0.3 is 20.8 Å². The fourth-order valence-electron chi connectivity index (χ4n) is 9.57. The van der Waals surface area contributed by atoms with E-state index in [2.05, 4.69) is 31.4 Å². The Labute approximate surface area is 218 Å². The monoisotopic (exact) mass is 504 g/mol. The molecule has 0 radical (unpaired) electrons. The number of nitrogens with one attached hydrogen (secondary N) is 2. The van der Waals surface area contributed by atoms with Crippen molar-refractivity contribution in [2.45, 2.75) is 117 Å². The van der Waals surface area contributed by atoms with Crippen molar-refractivity contribution < 1.29 is 19.8 Å². The highest BCUT2D eigenvalue weighted by atomic mass is 16.3. The highest BCUT2D eigenvalue weighted by molar-refractivity contribution is 5.75. The first-order valence-corrected chi connectivity index (χ1v) is 14.9. The largest absolute Gasteiger partial charge is 0.393 e. The van der Waals surface area contributed by atoms with Gasteiger partial charge in [-0.1, -0.05) is 20.8 Å². The molecule has 0 spiro atoms. The number of hydrogen-bond donors (Lipinski definition) is 4. The number of fused-ring (bicyclic) bond motifs is 5. The summed E-state index contributed by atoms with van der Waals surface area (Å²) in [5, 5.41) is 27.6. The van der Waals surface area contributed by atoms with Crippen LogP contribution in [0.25, 0.3) is 0 Å². The second-order valence-electron chi connectivity index (χ2n) is 13.5. The lowest BCUT2D eigenvalue weighted by atomic mass is 9.43. The lowest BCUT2D eigenvalue weighted by molar-refractivity contribution is -0.174. The van der Waals surface area contributed by atoms with Gasteiger partial charge in [0.15, 0.2) is 0 Å². The summed E-state index contributed by atoms with van der Waals surface area (Å²) in [6, 6.07) is 0. The summed E-state index contributed by atoms with van der Waals surface area (Å²) < 4.78 is 0. The normalized spacial score (nSPS) is 42.6. The minimum atomic E-state index is -0.228. The lowest BCUT2D eigenvalue weighted by Gasteiger charge is -2.62. The van der Waals surface area contributed by atoms with Gasteiger partial charge in [-0.15, -0.1) is 0 Å². The number of unbranched alkanes of at least 4 members (excludes halogenated alkanes) is 1. The third-order valence-corrected chi connectivity index (χ3v) is 11.5. The topological polar surface area (TPSA) is 98.7 Å². The van der Waals surface area contributed by atoms with Crippen molar-refractivity contribution >= 4 is 11.8 Å². The molecule has 4 N–H and O–H groups in total. The molecule has 4 saturated carbocycles. The van der Waals surface area contributed by atoms with E-state index >= 15 is 0 Å². The zero-order valence-corrected chi connectivity index (χ0v) is 23.2. The quantitative estimate of drug-likeness (QED) is 0.349. The van der Waals surface area contributed by atoms with E-state index in [0.717, 1.165) is 44.9 Å². The SMILES string of the molecule is CC(=O)NCCCCNC(=O)CC[C@@H](C)[C@H]1CC[C@H]2[C@@H]3[C@@H](O)C[C@@H]4C[C@H](O)CC[C@]4(C)[C@H]3CC[C@]12C. The Kier molecular flexibility index (Phi) is 8.76. The second-order valence-corrected chi connectivity index (χ2v) is 13.5. The molecule has 0 heterocycles. The minimum absolute atomic E-state index is 0.00503. The number of amides is 2. The molecule has 10 atom stereocenters. The molecule has 0 bridgehead atoms. The van der Waals surface area contributed by atoms with Crippen molar-refractivity contribution in [1.82, 2.24) is 10.6 Å². The van der Waals surface area contributed by atoms with Crippen LogP contribution in [0.5, 0.6) is 0 Å². The van der Waals surface area contributed by atoms with Crippen molar-refractivity contribution in [3.8, 4) is 0 Å². The van der Waals surface area contributed by atoms with E-state index in [4.69, 9.17) is 0 Å². The minimum Gasteiger partial charge on any atom is -0.393 e. The number of hydrogen-bond acceptors (Lipinski definition) is 4. The Balaban J connectivity index is 1.30. The summed E-state index contributed by atoms with van der Waals surface area (Å²) in [4.78, 5) is 23.4. The van der Waals surface area contributed by atoms with Gasteiger partial charge in [-0.05, 0) is 117 Å². The smallest absolute Gasteiger partial charge is 0.220 e. The molecule has 0 aromatic heterocycles. The van der Waals surface area contributed by atoms with Crippen LogP contribution >= 0.6 is 0 Å². The van der Waals surface area contributed by atoms with Crippen LogP contribution in [0, 0.1) is 46.3 Å². The van der Waals surface area contributed by atoms with Crippen molar-refractivity contribution in [2.75, 3.05) is 13.1 Å². The molecule has 0 aromatic carbocycles. The molecule has 4 aliphatic carbocycles. The molecular formula is C30H52N2O4. The maximum Gasteiger partial charge on any atom is 0.220 e. The number of carbonyl (C=O) groups excluding carboxylic acids is 2. The second kappa shape index (κ2) is 11.3. The van der Waals surface area contributed by atoms with Gasteiger partial charge in [0.25, 0.3) is 0 Å². The number of aliphatic hydroxyl groups excluding tert-OH is 2. The maximum atomic E-state index is 12.5. The van der Waals surface area contributed by atoms with Crippen LogP contribution in [0.2, 0.25) is 0 Å². The zero-order chi connectivity index (χ0) is 26.1. The Morgan fingerprint density at radius 2 is 1.58 bits per heavy atom. The molecule has 6 nitrogen and oxygen atoms in total. The standard InChI is InChI=1S/C30H52N2O4/c1-19(7-10-27(36)32-16-6-5-15-31-20(2)33)23-8-9-24-28-25(12-14-30(23,24)4)29(3)13-11-22(34)17-21(29)18-26(28)35/h19,21-26,28,34-35H,5-18H2,1-4H3,(H,31,33)(H,32,36)/t19-,21+,22-,23-,24+,25+,26+,28+,29+,30-/m1/s1. The predicted octanol–water partition coefficient (Wildman–Crippen LogP) is 4.43. The molecule has 4 aliphatic rings. The number of aliphatic hydroxyl groups is 2. The van der Waals surface area contributed by atoms with Gasteiger partial charge >= 0.3 is 0 Å². The Morgan fingerprint density at radius 3 is 2.31 bits per heavy atom. The Morgan fingerprint density at radius 1 is 0.917 bits per heavy atom. The molecule has 36 heavy (non-hydrogen) atoms. The molecule has 0 saturated heterocycles. The molecule has 206 valence electrons. The van der Waals surface area contributed by atoms with Crippen LogP contribution < -0.4 is 10.6 Å². The first-order chi connectivity index (χ1) is 17.1. The third-order valence-electron chi connectivity index (χ3n) is 11.5. The fourth-order valence-corrected chi connectivity index (χ4v) is 9.57. The van der Waals surface area contributed by atoms with Crippen LogP contribution in [0.1, 0.15) is 105 Å². The van der Waals surface area contributed by atoms with Crippen molar-refractivity contribution in [3.63, 3.8) is 0 Å². The molecule has 6 heteroatoms. The van der Waals surface area contributed by atoms with Gasteiger partial charge in [0.05, 0.1) is 12.2 Å². The zero-order valence-electron chi connectivity index (χ0n) is 23.2. The predicted molar refractivity (Wildman–Crippen MR) is 142 cm³/mol. The first-order valence-electron chi connectivity index (χ1n) is 14.9. The van der Waals surface area contributed by atoms with E-state index in [-0.39, 0.29) is 34.9 Å². The molecule has 0 aromatic rings. The summed E-state index contributed by atoms with van der Waals surface area (Å²) in [5.41, 5.74) is 0.535. The maximum absolute atomic E-state index is 12.5. The summed E-state index contributed by atoms with van der Waals surface area (Å²) in [6.45, 7) is 10.2. The average Bonchev–Trinajstić information content (AvgIpc) is 3.18. The van der Waals surface area contributed by atoms with Crippen LogP contribution in [-0.2, 0) is 9.59 Å². The number of rotatable bonds is 9. The van der Waals surface area contributed by atoms with E-state index in [9.17, 15) is 19.8 Å². The van der Waals surface area contributed by atoms with Crippen LogP contribution in [0.15, 0.2) is 0 Å². The van der Waals surface area contributed by atoms with Crippen molar-refractivity contribution in [2.24, 2.45) is 46.3 Å². The van der Waals surface area contributed by atoms with E-state index in [1.54, 1.807) is 0 Å². The lowest BCUT2D eigenvalue weighted by Crippen LogP contribution is -2.58. The molecule has 2 amide bonds. The molecule has 4 rings (SSSR count). The molecule has 0 unspecified atom stereocenters. The van der Waals surface area contributed by atoms with Crippen molar-refractivity contribution in [1.29, 1.82) is 0 Å². The summed E-state index contributed by atoms with van der Waals surface area (Å²) in [5.74, 6) is 3.31.